The summed E-state index contributed by atoms with van der Waals surface area (Å²) >= 11 is 1.46. The predicted molar refractivity (Wildman–Crippen MR) is 78.6 cm³/mol. The molecule has 6 heteroatoms. The Kier molecular flexibility index (Phi) is 3.18. The fraction of sp³-hybridized carbons (Fsp3) is 0.400. The predicted octanol–water partition coefficient (Wildman–Crippen LogP) is 2.55. The number of thioether (sulfide) groups is 1. The fourth-order valence-electron chi connectivity index (χ4n) is 2.49. The molecule has 2 fully saturated rings. The Bertz CT molecular complexity index is 667. The summed E-state index contributed by atoms with van der Waals surface area (Å²) in [6, 6.07) is 10.1. The smallest absolute Gasteiger partial charge is 0.319 e. The SMILES string of the molecule is O=C1OCC[C@@H]1Sc1nnc(C2CC2)n1-c1ccccc1. The monoisotopic (exact) mass is 301 g/mol. The third kappa shape index (κ3) is 2.44. The van der Waals surface area contributed by atoms with E-state index in [-0.39, 0.29) is 11.2 Å². The van der Waals surface area contributed by atoms with Crippen molar-refractivity contribution in [3.63, 3.8) is 0 Å². The molecule has 21 heavy (non-hydrogen) atoms. The van der Waals surface area contributed by atoms with E-state index in [0.29, 0.717) is 12.5 Å². The van der Waals surface area contributed by atoms with E-state index < -0.39 is 0 Å². The third-order valence-corrected chi connectivity index (χ3v) is 4.94. The van der Waals surface area contributed by atoms with Crippen LogP contribution in [0.3, 0.4) is 0 Å². The van der Waals surface area contributed by atoms with E-state index in [9.17, 15) is 4.79 Å². The minimum absolute atomic E-state index is 0.143. The molecular weight excluding hydrogens is 286 g/mol. The molecule has 4 rings (SSSR count). The molecule has 5 nitrogen and oxygen atoms in total. The van der Waals surface area contributed by atoms with Gasteiger partial charge < -0.3 is 4.74 Å². The van der Waals surface area contributed by atoms with Gasteiger partial charge in [0.1, 0.15) is 11.1 Å². The van der Waals surface area contributed by atoms with E-state index in [4.69, 9.17) is 4.74 Å². The zero-order valence-electron chi connectivity index (χ0n) is 11.4. The highest BCUT2D eigenvalue weighted by Gasteiger charge is 2.34. The van der Waals surface area contributed by atoms with Gasteiger partial charge in [-0.1, -0.05) is 30.0 Å². The van der Waals surface area contributed by atoms with Crippen LogP contribution in [0.1, 0.15) is 31.0 Å². The molecule has 1 aromatic carbocycles. The van der Waals surface area contributed by atoms with Gasteiger partial charge >= 0.3 is 5.97 Å². The molecule has 0 N–H and O–H groups in total. The van der Waals surface area contributed by atoms with Crippen LogP contribution in [0.4, 0.5) is 0 Å². The van der Waals surface area contributed by atoms with Crippen LogP contribution < -0.4 is 0 Å². The number of aromatic nitrogens is 3. The Morgan fingerprint density at radius 1 is 1.14 bits per heavy atom. The van der Waals surface area contributed by atoms with Crippen molar-refractivity contribution in [1.82, 2.24) is 14.8 Å². The van der Waals surface area contributed by atoms with Crippen molar-refractivity contribution in [3.05, 3.63) is 36.2 Å². The fourth-order valence-corrected chi connectivity index (χ4v) is 3.52. The number of para-hydroxylation sites is 1. The Morgan fingerprint density at radius 2 is 1.95 bits per heavy atom. The van der Waals surface area contributed by atoms with E-state index in [1.807, 2.05) is 30.3 Å². The van der Waals surface area contributed by atoms with Crippen molar-refractivity contribution < 1.29 is 9.53 Å². The highest BCUT2D eigenvalue weighted by molar-refractivity contribution is 8.00. The van der Waals surface area contributed by atoms with Crippen LogP contribution >= 0.6 is 11.8 Å². The largest absolute Gasteiger partial charge is 0.465 e. The summed E-state index contributed by atoms with van der Waals surface area (Å²) < 4.78 is 7.12. The Balaban J connectivity index is 1.71. The van der Waals surface area contributed by atoms with Crippen LogP contribution in [0, 0.1) is 0 Å². The molecule has 108 valence electrons. The summed E-state index contributed by atoms with van der Waals surface area (Å²) in [6.07, 6.45) is 3.08. The summed E-state index contributed by atoms with van der Waals surface area (Å²) in [7, 11) is 0. The molecule has 1 aliphatic heterocycles. The maximum atomic E-state index is 11.7. The van der Waals surface area contributed by atoms with Gasteiger partial charge in [-0.15, -0.1) is 10.2 Å². The molecular formula is C15H15N3O2S. The van der Waals surface area contributed by atoms with Gasteiger partial charge in [-0.2, -0.15) is 0 Å². The van der Waals surface area contributed by atoms with Crippen LogP contribution in [0.15, 0.2) is 35.5 Å². The lowest BCUT2D eigenvalue weighted by molar-refractivity contribution is -0.137. The summed E-state index contributed by atoms with van der Waals surface area (Å²) in [5.74, 6) is 1.37. The topological polar surface area (TPSA) is 57.0 Å². The summed E-state index contributed by atoms with van der Waals surface area (Å²) in [6.45, 7) is 0.505. The number of hydrogen-bond acceptors (Lipinski definition) is 5. The van der Waals surface area contributed by atoms with E-state index >= 15 is 0 Å². The molecule has 2 aromatic rings. The van der Waals surface area contributed by atoms with Crippen molar-refractivity contribution >= 4 is 17.7 Å². The van der Waals surface area contributed by atoms with Gasteiger partial charge in [0.05, 0.1) is 6.61 Å². The average molecular weight is 301 g/mol. The number of ether oxygens (including phenoxy) is 1. The minimum atomic E-state index is -0.163. The first kappa shape index (κ1) is 12.9. The van der Waals surface area contributed by atoms with Gasteiger partial charge in [0, 0.05) is 18.0 Å². The number of nitrogens with zero attached hydrogens (tertiary/aromatic N) is 3. The van der Waals surface area contributed by atoms with Gasteiger partial charge in [-0.05, 0) is 25.0 Å². The van der Waals surface area contributed by atoms with Gasteiger partial charge in [-0.25, -0.2) is 0 Å². The molecule has 1 aliphatic carbocycles. The number of esters is 1. The molecule has 1 aromatic heterocycles. The number of cyclic esters (lactones) is 1. The average Bonchev–Trinajstić information content (AvgIpc) is 3.16. The van der Waals surface area contributed by atoms with Crippen LogP contribution in [-0.4, -0.2) is 32.6 Å². The normalized spacial score (nSPS) is 21.5. The first-order valence-electron chi connectivity index (χ1n) is 7.17. The van der Waals surface area contributed by atoms with E-state index in [1.165, 1.54) is 24.6 Å². The maximum absolute atomic E-state index is 11.7. The standard InChI is InChI=1S/C15H15N3O2S/c19-14-12(8-9-20-14)21-15-17-16-13(10-6-7-10)18(15)11-4-2-1-3-5-11/h1-5,10,12H,6-9H2/t12-/m0/s1. The molecule has 0 bridgehead atoms. The van der Waals surface area contributed by atoms with Crippen LogP contribution in [0.5, 0.6) is 0 Å². The molecule has 2 heterocycles. The van der Waals surface area contributed by atoms with Crippen LogP contribution in [-0.2, 0) is 9.53 Å². The lowest BCUT2D eigenvalue weighted by Gasteiger charge is -2.10. The Labute approximate surface area is 126 Å². The van der Waals surface area contributed by atoms with Crippen molar-refractivity contribution in [2.45, 2.75) is 35.6 Å². The van der Waals surface area contributed by atoms with E-state index in [0.717, 1.165) is 23.1 Å². The maximum Gasteiger partial charge on any atom is 0.319 e. The number of rotatable bonds is 4. The van der Waals surface area contributed by atoms with E-state index in [1.54, 1.807) is 0 Å². The van der Waals surface area contributed by atoms with Gasteiger partial charge in [0.25, 0.3) is 0 Å². The van der Waals surface area contributed by atoms with Gasteiger partial charge in [0.15, 0.2) is 5.16 Å². The molecule has 0 amide bonds. The molecule has 0 unspecified atom stereocenters. The minimum Gasteiger partial charge on any atom is -0.465 e. The lowest BCUT2D eigenvalue weighted by Crippen LogP contribution is -2.11. The molecule has 1 atom stereocenters. The zero-order chi connectivity index (χ0) is 14.2. The first-order valence-corrected chi connectivity index (χ1v) is 8.05. The molecule has 1 saturated carbocycles. The highest BCUT2D eigenvalue weighted by Crippen LogP contribution is 2.41. The van der Waals surface area contributed by atoms with Crippen molar-refractivity contribution in [1.29, 1.82) is 0 Å². The number of benzene rings is 1. The van der Waals surface area contributed by atoms with E-state index in [2.05, 4.69) is 14.8 Å². The second kappa shape index (κ2) is 5.18. The Morgan fingerprint density at radius 3 is 2.62 bits per heavy atom. The molecule has 1 saturated heterocycles. The molecule has 0 spiro atoms. The number of carbonyl (C=O) groups is 1. The summed E-state index contributed by atoms with van der Waals surface area (Å²) in [5.41, 5.74) is 1.05. The second-order valence-electron chi connectivity index (χ2n) is 5.35. The summed E-state index contributed by atoms with van der Waals surface area (Å²) in [4.78, 5) is 11.7. The zero-order valence-corrected chi connectivity index (χ0v) is 12.3. The Hall–Kier alpha value is -1.82. The lowest BCUT2D eigenvalue weighted by atomic mass is 10.3. The molecule has 2 aliphatic rings. The van der Waals surface area contributed by atoms with Crippen LogP contribution in [0.25, 0.3) is 5.69 Å². The van der Waals surface area contributed by atoms with Crippen molar-refractivity contribution in [2.24, 2.45) is 0 Å². The highest BCUT2D eigenvalue weighted by atomic mass is 32.2. The second-order valence-corrected chi connectivity index (χ2v) is 6.52. The number of carbonyl (C=O) groups excluding carboxylic acids is 1. The quantitative estimate of drug-likeness (QED) is 0.812. The molecule has 0 radical (unpaired) electrons. The van der Waals surface area contributed by atoms with Gasteiger partial charge in [-0.3, -0.25) is 9.36 Å². The summed E-state index contributed by atoms with van der Waals surface area (Å²) in [5, 5.41) is 9.30. The van der Waals surface area contributed by atoms with Crippen LogP contribution in [0.2, 0.25) is 0 Å². The van der Waals surface area contributed by atoms with Gasteiger partial charge in [0.2, 0.25) is 0 Å². The number of hydrogen-bond donors (Lipinski definition) is 0. The first-order chi connectivity index (χ1) is 10.3. The van der Waals surface area contributed by atoms with Crippen molar-refractivity contribution in [2.75, 3.05) is 6.61 Å². The third-order valence-electron chi connectivity index (χ3n) is 3.75. The van der Waals surface area contributed by atoms with Crippen molar-refractivity contribution in [3.8, 4) is 5.69 Å².